The van der Waals surface area contributed by atoms with Crippen molar-refractivity contribution in [1.29, 1.82) is 0 Å². The first-order valence-electron chi connectivity index (χ1n) is 13.7. The number of hydroxylamine groups is 2. The van der Waals surface area contributed by atoms with Gasteiger partial charge in [-0.1, -0.05) is 105 Å². The summed E-state index contributed by atoms with van der Waals surface area (Å²) in [6.07, 6.45) is 3.24. The number of nitrogens with zero attached hydrogens (tertiary/aromatic N) is 1. The highest BCUT2D eigenvalue weighted by molar-refractivity contribution is 5.18. The molecule has 0 N–H and O–H groups in total. The molecule has 0 spiro atoms. The Bertz CT molecular complexity index is 1040. The molecule has 0 radical (unpaired) electrons. The third-order valence-corrected chi connectivity index (χ3v) is 7.82. The molecule has 1 heterocycles. The molecule has 1 saturated heterocycles. The second kappa shape index (κ2) is 11.9. The largest absolute Gasteiger partial charge is 0.345 e. The van der Waals surface area contributed by atoms with Crippen molar-refractivity contribution < 1.29 is 14.3 Å². The second-order valence-electron chi connectivity index (χ2n) is 11.0. The fourth-order valence-electron chi connectivity index (χ4n) is 5.82. The normalized spacial score (nSPS) is 19.4. The highest BCUT2D eigenvalue weighted by Crippen LogP contribution is 2.50. The van der Waals surface area contributed by atoms with Crippen LogP contribution in [0, 0.1) is 0 Å². The molecule has 1 aliphatic heterocycles. The van der Waals surface area contributed by atoms with Crippen LogP contribution in [-0.4, -0.2) is 21.9 Å². The smallest absolute Gasteiger partial charge is 0.172 e. The Morgan fingerprint density at radius 1 is 0.703 bits per heavy atom. The lowest BCUT2D eigenvalue weighted by Gasteiger charge is -2.60. The van der Waals surface area contributed by atoms with Crippen molar-refractivity contribution in [1.82, 2.24) is 5.06 Å². The van der Waals surface area contributed by atoms with Crippen molar-refractivity contribution in [2.24, 2.45) is 0 Å². The van der Waals surface area contributed by atoms with Crippen LogP contribution in [-0.2, 0) is 27.5 Å². The maximum absolute atomic E-state index is 6.83. The average Bonchev–Trinajstić information content (AvgIpc) is 2.93. The van der Waals surface area contributed by atoms with Crippen molar-refractivity contribution in [2.75, 3.05) is 0 Å². The lowest BCUT2D eigenvalue weighted by molar-refractivity contribution is -0.379. The summed E-state index contributed by atoms with van der Waals surface area (Å²) < 4.78 is 13.6. The molecular weight excluding hydrogens is 458 g/mol. The van der Waals surface area contributed by atoms with Gasteiger partial charge in [-0.3, -0.25) is 4.84 Å². The van der Waals surface area contributed by atoms with Crippen molar-refractivity contribution >= 4 is 0 Å². The number of ether oxygens (including phenoxy) is 2. The minimum absolute atomic E-state index is 0.0547. The van der Waals surface area contributed by atoms with Gasteiger partial charge in [-0.15, -0.1) is 0 Å². The molecule has 0 aliphatic carbocycles. The molecule has 4 nitrogen and oxygen atoms in total. The van der Waals surface area contributed by atoms with Crippen LogP contribution in [0.3, 0.4) is 0 Å². The van der Waals surface area contributed by atoms with Crippen LogP contribution in [0.4, 0.5) is 0 Å². The molecule has 0 saturated carbocycles. The monoisotopic (exact) mass is 501 g/mol. The van der Waals surface area contributed by atoms with E-state index in [-0.39, 0.29) is 17.2 Å². The minimum atomic E-state index is -0.739. The van der Waals surface area contributed by atoms with Gasteiger partial charge in [0.2, 0.25) is 0 Å². The Morgan fingerprint density at radius 3 is 1.62 bits per heavy atom. The molecule has 3 aromatic carbocycles. The Labute approximate surface area is 223 Å². The first kappa shape index (κ1) is 27.5. The molecule has 0 amide bonds. The van der Waals surface area contributed by atoms with Crippen LogP contribution >= 0.6 is 0 Å². The molecule has 4 rings (SSSR count). The first-order valence-corrected chi connectivity index (χ1v) is 13.7. The Hall–Kier alpha value is -2.50. The third-order valence-electron chi connectivity index (χ3n) is 7.82. The zero-order valence-electron chi connectivity index (χ0n) is 23.2. The molecular formula is C33H43NO3. The molecule has 1 unspecified atom stereocenters. The van der Waals surface area contributed by atoms with Gasteiger partial charge in [0.05, 0.1) is 18.8 Å². The van der Waals surface area contributed by atoms with E-state index in [0.717, 1.165) is 30.4 Å². The van der Waals surface area contributed by atoms with E-state index in [2.05, 4.69) is 112 Å². The molecule has 4 heteroatoms. The number of hydrogen-bond donors (Lipinski definition) is 0. The van der Waals surface area contributed by atoms with Crippen molar-refractivity contribution in [2.45, 2.75) is 96.5 Å². The molecule has 37 heavy (non-hydrogen) atoms. The fraction of sp³-hybridized carbons (Fsp3) is 0.455. The van der Waals surface area contributed by atoms with Crippen LogP contribution < -0.4 is 0 Å². The number of rotatable bonds is 11. The SMILES string of the molecule is CCC1(CC)CC(OCc2ccccc2)(OCc2ccccc2)CC(C)(C)N1OC(C)c1ccccc1. The summed E-state index contributed by atoms with van der Waals surface area (Å²) in [6.45, 7) is 12.2. The molecule has 1 fully saturated rings. The van der Waals surface area contributed by atoms with Gasteiger partial charge in [-0.05, 0) is 50.3 Å². The van der Waals surface area contributed by atoms with Crippen molar-refractivity contribution in [3.8, 4) is 0 Å². The lowest BCUT2D eigenvalue weighted by Crippen LogP contribution is -2.68. The van der Waals surface area contributed by atoms with Crippen molar-refractivity contribution in [3.63, 3.8) is 0 Å². The number of piperidine rings is 1. The Kier molecular flexibility index (Phi) is 8.86. The van der Waals surface area contributed by atoms with Crippen LogP contribution in [0.15, 0.2) is 91.0 Å². The maximum atomic E-state index is 6.83. The zero-order chi connectivity index (χ0) is 26.4. The average molecular weight is 502 g/mol. The highest BCUT2D eigenvalue weighted by Gasteiger charge is 2.57. The summed E-state index contributed by atoms with van der Waals surface area (Å²) in [5.41, 5.74) is 2.92. The van der Waals surface area contributed by atoms with Crippen LogP contribution in [0.5, 0.6) is 0 Å². The van der Waals surface area contributed by atoms with Crippen molar-refractivity contribution in [3.05, 3.63) is 108 Å². The van der Waals surface area contributed by atoms with Gasteiger partial charge in [0, 0.05) is 18.4 Å². The summed E-state index contributed by atoms with van der Waals surface area (Å²) in [4.78, 5) is 6.83. The summed E-state index contributed by atoms with van der Waals surface area (Å²) in [5.74, 6) is -0.739. The molecule has 0 bridgehead atoms. The number of benzene rings is 3. The van der Waals surface area contributed by atoms with E-state index >= 15 is 0 Å². The quantitative estimate of drug-likeness (QED) is 0.248. The summed E-state index contributed by atoms with van der Waals surface area (Å²) in [7, 11) is 0. The van der Waals surface area contributed by atoms with Gasteiger partial charge < -0.3 is 9.47 Å². The van der Waals surface area contributed by atoms with Gasteiger partial charge in [0.15, 0.2) is 5.79 Å². The Balaban J connectivity index is 1.65. The van der Waals surface area contributed by atoms with Gasteiger partial charge in [0.25, 0.3) is 0 Å². The first-order chi connectivity index (χ1) is 17.8. The van der Waals surface area contributed by atoms with Crippen LogP contribution in [0.1, 0.15) is 83.1 Å². The minimum Gasteiger partial charge on any atom is -0.345 e. The summed E-state index contributed by atoms with van der Waals surface area (Å²) in [5, 5.41) is 2.29. The molecule has 198 valence electrons. The van der Waals surface area contributed by atoms with Gasteiger partial charge in [-0.2, -0.15) is 5.06 Å². The number of hydrogen-bond acceptors (Lipinski definition) is 4. The second-order valence-corrected chi connectivity index (χ2v) is 11.0. The van der Waals surface area contributed by atoms with E-state index in [4.69, 9.17) is 14.3 Å². The van der Waals surface area contributed by atoms with Gasteiger partial charge in [-0.25, -0.2) is 0 Å². The van der Waals surface area contributed by atoms with E-state index in [1.807, 2.05) is 18.2 Å². The topological polar surface area (TPSA) is 30.9 Å². The van der Waals surface area contributed by atoms with Crippen LogP contribution in [0.2, 0.25) is 0 Å². The Morgan fingerprint density at radius 2 is 1.16 bits per heavy atom. The summed E-state index contributed by atoms with van der Waals surface area (Å²) >= 11 is 0. The van der Waals surface area contributed by atoms with E-state index < -0.39 is 5.79 Å². The molecule has 3 aromatic rings. The fourth-order valence-corrected chi connectivity index (χ4v) is 5.82. The highest BCUT2D eigenvalue weighted by atomic mass is 16.7. The van der Waals surface area contributed by atoms with E-state index in [0.29, 0.717) is 19.6 Å². The summed E-state index contributed by atoms with van der Waals surface area (Å²) in [6, 6.07) is 31.2. The van der Waals surface area contributed by atoms with Crippen LogP contribution in [0.25, 0.3) is 0 Å². The molecule has 0 aromatic heterocycles. The molecule has 1 atom stereocenters. The maximum Gasteiger partial charge on any atom is 0.172 e. The third kappa shape index (κ3) is 6.50. The predicted molar refractivity (Wildman–Crippen MR) is 150 cm³/mol. The predicted octanol–water partition coefficient (Wildman–Crippen LogP) is 8.24. The van der Waals surface area contributed by atoms with E-state index in [1.54, 1.807) is 0 Å². The zero-order valence-corrected chi connectivity index (χ0v) is 23.2. The van der Waals surface area contributed by atoms with E-state index in [1.165, 1.54) is 5.56 Å². The molecule has 1 aliphatic rings. The van der Waals surface area contributed by atoms with Gasteiger partial charge in [0.1, 0.15) is 6.10 Å². The lowest BCUT2D eigenvalue weighted by atomic mass is 9.73. The van der Waals surface area contributed by atoms with E-state index in [9.17, 15) is 0 Å². The standard InChI is InChI=1S/C33H43NO3/c1-6-32(7-2)26-33(35-23-28-17-11-8-12-18-28,36-24-29-19-13-9-14-20-29)25-31(4,5)34(32)37-27(3)30-21-15-10-16-22-30/h8-22,27H,6-7,23-26H2,1-5H3. The van der Waals surface area contributed by atoms with Gasteiger partial charge >= 0.3 is 0 Å².